The molecule has 108 valence electrons. The minimum Gasteiger partial charge on any atom is -0.341 e. The number of hydrogen-bond acceptors (Lipinski definition) is 3. The van der Waals surface area contributed by atoms with Gasteiger partial charge in [0, 0.05) is 42.3 Å². The van der Waals surface area contributed by atoms with Crippen LogP contribution in [0, 0.1) is 0 Å². The molecule has 0 saturated heterocycles. The summed E-state index contributed by atoms with van der Waals surface area (Å²) in [6.07, 6.45) is 0. The van der Waals surface area contributed by atoms with E-state index < -0.39 is 0 Å². The van der Waals surface area contributed by atoms with Crippen molar-refractivity contribution in [2.24, 2.45) is 0 Å². The topological polar surface area (TPSA) is 123 Å². The molecule has 6 N–H and O–H groups in total. The van der Waals surface area contributed by atoms with Gasteiger partial charge >= 0.3 is 18.1 Å². The van der Waals surface area contributed by atoms with Crippen LogP contribution in [0.15, 0.2) is 0 Å². The molecular weight excluding hydrogens is 240 g/mol. The van der Waals surface area contributed by atoms with Gasteiger partial charge in [-0.3, -0.25) is 0 Å². The predicted molar refractivity (Wildman–Crippen MR) is 70.5 cm³/mol. The molecule has 0 rings (SSSR count). The highest BCUT2D eigenvalue weighted by Crippen LogP contribution is 1.49. The highest BCUT2D eigenvalue weighted by atomic mass is 16.2. The van der Waals surface area contributed by atoms with E-state index in [-0.39, 0.29) is 18.1 Å². The molecular formula is C9H24N6O3. The van der Waals surface area contributed by atoms with Gasteiger partial charge in [0.1, 0.15) is 0 Å². The molecule has 0 aliphatic rings. The SMILES string of the molecule is CNC(=O)NC.CNC(=O)NC.CNC(=O)NC. The molecule has 9 heteroatoms. The molecule has 0 aromatic heterocycles. The fraction of sp³-hybridized carbons (Fsp3) is 0.667. The van der Waals surface area contributed by atoms with E-state index in [0.29, 0.717) is 0 Å². The first-order valence-electron chi connectivity index (χ1n) is 5.11. The second kappa shape index (κ2) is 17.2. The first-order valence-corrected chi connectivity index (χ1v) is 5.11. The molecule has 0 aliphatic heterocycles. The van der Waals surface area contributed by atoms with Gasteiger partial charge < -0.3 is 31.9 Å². The maximum absolute atomic E-state index is 9.96. The molecule has 0 heterocycles. The van der Waals surface area contributed by atoms with E-state index >= 15 is 0 Å². The second-order valence-corrected chi connectivity index (χ2v) is 2.49. The van der Waals surface area contributed by atoms with E-state index in [1.54, 1.807) is 42.3 Å². The van der Waals surface area contributed by atoms with Crippen LogP contribution in [0.5, 0.6) is 0 Å². The summed E-state index contributed by atoms with van der Waals surface area (Å²) in [5, 5.41) is 14.2. The summed E-state index contributed by atoms with van der Waals surface area (Å²) in [4.78, 5) is 29.9. The van der Waals surface area contributed by atoms with E-state index in [9.17, 15) is 14.4 Å². The van der Waals surface area contributed by atoms with Crippen LogP contribution in [0.4, 0.5) is 14.4 Å². The average Bonchev–Trinajstić information content (AvgIpc) is 2.45. The Labute approximate surface area is 107 Å². The summed E-state index contributed by atoms with van der Waals surface area (Å²) in [6, 6.07) is -0.472. The van der Waals surface area contributed by atoms with Gasteiger partial charge in [0.25, 0.3) is 0 Å². The zero-order valence-electron chi connectivity index (χ0n) is 11.7. The van der Waals surface area contributed by atoms with Crippen molar-refractivity contribution in [3.63, 3.8) is 0 Å². The third kappa shape index (κ3) is 23.5. The minimum atomic E-state index is -0.157. The van der Waals surface area contributed by atoms with Crippen LogP contribution in [-0.2, 0) is 0 Å². The Morgan fingerprint density at radius 1 is 0.444 bits per heavy atom. The standard InChI is InChI=1S/3C3H8N2O/c3*1-4-3(6)5-2/h3*1-2H3,(H2,4,5,6). The number of urea groups is 3. The smallest absolute Gasteiger partial charge is 0.314 e. The summed E-state index contributed by atoms with van der Waals surface area (Å²) >= 11 is 0. The number of hydrogen-bond donors (Lipinski definition) is 6. The van der Waals surface area contributed by atoms with Crippen molar-refractivity contribution in [3.05, 3.63) is 0 Å². The maximum Gasteiger partial charge on any atom is 0.314 e. The van der Waals surface area contributed by atoms with Crippen molar-refractivity contribution in [1.82, 2.24) is 31.9 Å². The fourth-order valence-corrected chi connectivity index (χ4v) is 0.375. The Balaban J connectivity index is -0.000000187. The molecule has 0 aromatic carbocycles. The van der Waals surface area contributed by atoms with Gasteiger partial charge in [0.15, 0.2) is 0 Å². The summed E-state index contributed by atoms with van der Waals surface area (Å²) in [5.41, 5.74) is 0. The van der Waals surface area contributed by atoms with Crippen LogP contribution in [0.1, 0.15) is 0 Å². The summed E-state index contributed by atoms with van der Waals surface area (Å²) < 4.78 is 0. The number of carbonyl (C=O) groups excluding carboxylic acids is 3. The lowest BCUT2D eigenvalue weighted by Gasteiger charge is -1.91. The average molecular weight is 264 g/mol. The van der Waals surface area contributed by atoms with Gasteiger partial charge in [0.05, 0.1) is 0 Å². The lowest BCUT2D eigenvalue weighted by molar-refractivity contribution is 0.244. The van der Waals surface area contributed by atoms with Gasteiger partial charge in [-0.05, 0) is 0 Å². The lowest BCUT2D eigenvalue weighted by atomic mass is 11.0. The molecule has 0 fully saturated rings. The summed E-state index contributed by atoms with van der Waals surface area (Å²) in [5.74, 6) is 0. The molecule has 9 nitrogen and oxygen atoms in total. The van der Waals surface area contributed by atoms with Crippen LogP contribution >= 0.6 is 0 Å². The molecule has 18 heavy (non-hydrogen) atoms. The highest BCUT2D eigenvalue weighted by Gasteiger charge is 1.82. The fourth-order valence-electron chi connectivity index (χ4n) is 0.375. The highest BCUT2D eigenvalue weighted by molar-refractivity contribution is 5.73. The molecule has 0 bridgehead atoms. The Morgan fingerprint density at radius 3 is 0.556 bits per heavy atom. The monoisotopic (exact) mass is 264 g/mol. The maximum atomic E-state index is 9.96. The third-order valence-corrected chi connectivity index (χ3v) is 1.36. The van der Waals surface area contributed by atoms with E-state index in [1.165, 1.54) is 0 Å². The molecule has 0 saturated carbocycles. The number of carbonyl (C=O) groups is 3. The van der Waals surface area contributed by atoms with Crippen molar-refractivity contribution in [2.45, 2.75) is 0 Å². The van der Waals surface area contributed by atoms with E-state index in [1.807, 2.05) is 0 Å². The first kappa shape index (κ1) is 21.1. The molecule has 0 unspecified atom stereocenters. The molecule has 0 atom stereocenters. The van der Waals surface area contributed by atoms with E-state index in [0.717, 1.165) is 0 Å². The molecule has 0 radical (unpaired) electrons. The molecule has 0 aromatic rings. The Bertz CT molecular complexity index is 178. The van der Waals surface area contributed by atoms with E-state index in [2.05, 4.69) is 31.9 Å². The Hall–Kier alpha value is -2.19. The second-order valence-electron chi connectivity index (χ2n) is 2.49. The van der Waals surface area contributed by atoms with E-state index in [4.69, 9.17) is 0 Å². The zero-order chi connectivity index (χ0) is 15.0. The van der Waals surface area contributed by atoms with Gasteiger partial charge in [-0.1, -0.05) is 0 Å². The molecule has 0 aliphatic carbocycles. The minimum absolute atomic E-state index is 0.157. The zero-order valence-corrected chi connectivity index (χ0v) is 11.7. The lowest BCUT2D eigenvalue weighted by Crippen LogP contribution is -2.28. The van der Waals surface area contributed by atoms with Crippen molar-refractivity contribution >= 4 is 18.1 Å². The van der Waals surface area contributed by atoms with Crippen LogP contribution in [0.3, 0.4) is 0 Å². The quantitative estimate of drug-likeness (QED) is 0.324. The predicted octanol–water partition coefficient (Wildman–Crippen LogP) is -1.36. The van der Waals surface area contributed by atoms with Crippen LogP contribution in [0.2, 0.25) is 0 Å². The van der Waals surface area contributed by atoms with Gasteiger partial charge in [-0.15, -0.1) is 0 Å². The molecule has 0 spiro atoms. The first-order chi connectivity index (χ1) is 8.42. The summed E-state index contributed by atoms with van der Waals surface area (Å²) in [7, 11) is 9.41. The molecule has 6 amide bonds. The van der Waals surface area contributed by atoms with Crippen LogP contribution in [-0.4, -0.2) is 60.4 Å². The Kier molecular flexibility index (Phi) is 20.2. The van der Waals surface area contributed by atoms with Crippen LogP contribution in [0.25, 0.3) is 0 Å². The number of nitrogens with one attached hydrogen (secondary N) is 6. The number of amides is 6. The Morgan fingerprint density at radius 2 is 0.556 bits per heavy atom. The van der Waals surface area contributed by atoms with Crippen molar-refractivity contribution < 1.29 is 14.4 Å². The van der Waals surface area contributed by atoms with Crippen LogP contribution < -0.4 is 31.9 Å². The van der Waals surface area contributed by atoms with Gasteiger partial charge in [-0.25, -0.2) is 14.4 Å². The largest absolute Gasteiger partial charge is 0.341 e. The van der Waals surface area contributed by atoms with Crippen molar-refractivity contribution in [2.75, 3.05) is 42.3 Å². The third-order valence-electron chi connectivity index (χ3n) is 1.36. The van der Waals surface area contributed by atoms with Crippen molar-refractivity contribution in [1.29, 1.82) is 0 Å². The van der Waals surface area contributed by atoms with Crippen molar-refractivity contribution in [3.8, 4) is 0 Å². The summed E-state index contributed by atoms with van der Waals surface area (Å²) in [6.45, 7) is 0. The normalized spacial score (nSPS) is 7.00. The van der Waals surface area contributed by atoms with Gasteiger partial charge in [-0.2, -0.15) is 0 Å². The van der Waals surface area contributed by atoms with Gasteiger partial charge in [0.2, 0.25) is 0 Å². The number of rotatable bonds is 0.